The maximum Gasteiger partial charge on any atom is 0.259 e. The zero-order chi connectivity index (χ0) is 21.3. The second-order valence-corrected chi connectivity index (χ2v) is 9.77. The van der Waals surface area contributed by atoms with E-state index in [1.54, 1.807) is 16.2 Å². The highest BCUT2D eigenvalue weighted by Gasteiger charge is 2.43. The summed E-state index contributed by atoms with van der Waals surface area (Å²) in [6.45, 7) is 6.44. The predicted molar refractivity (Wildman–Crippen MR) is 123 cm³/mol. The first kappa shape index (κ1) is 20.8. The first-order valence-electron chi connectivity index (χ1n) is 10.1. The van der Waals surface area contributed by atoms with Gasteiger partial charge in [0.1, 0.15) is 11.9 Å². The first-order chi connectivity index (χ1) is 14.5. The van der Waals surface area contributed by atoms with Crippen molar-refractivity contribution in [3.63, 3.8) is 0 Å². The maximum atomic E-state index is 13.2. The molecule has 0 aliphatic carbocycles. The molecule has 0 saturated carbocycles. The molecule has 0 spiro atoms. The van der Waals surface area contributed by atoms with Gasteiger partial charge in [-0.05, 0) is 36.4 Å². The van der Waals surface area contributed by atoms with Gasteiger partial charge in [-0.15, -0.1) is 11.3 Å². The van der Waals surface area contributed by atoms with Crippen LogP contribution in [-0.4, -0.2) is 39.0 Å². The van der Waals surface area contributed by atoms with Gasteiger partial charge in [0.05, 0.1) is 17.5 Å². The Bertz CT molecular complexity index is 1020. The lowest BCUT2D eigenvalue weighted by molar-refractivity contribution is -0.125. The molecule has 1 aromatic carbocycles. The number of thiophene rings is 1. The van der Waals surface area contributed by atoms with E-state index in [1.165, 1.54) is 11.8 Å². The van der Waals surface area contributed by atoms with Crippen LogP contribution in [0.1, 0.15) is 37.6 Å². The van der Waals surface area contributed by atoms with Crippen LogP contribution in [0.2, 0.25) is 0 Å². The van der Waals surface area contributed by atoms with Crippen molar-refractivity contribution in [2.24, 2.45) is 15.9 Å². The van der Waals surface area contributed by atoms with Gasteiger partial charge in [-0.25, -0.2) is 9.89 Å². The fourth-order valence-corrected chi connectivity index (χ4v) is 4.97. The van der Waals surface area contributed by atoms with Crippen molar-refractivity contribution in [1.82, 2.24) is 10.2 Å². The summed E-state index contributed by atoms with van der Waals surface area (Å²) in [5.41, 5.74) is 1.63. The van der Waals surface area contributed by atoms with Crippen LogP contribution in [0.3, 0.4) is 0 Å². The number of hydrogen-bond donors (Lipinski definition) is 1. The van der Waals surface area contributed by atoms with Gasteiger partial charge in [0.15, 0.2) is 5.17 Å². The van der Waals surface area contributed by atoms with E-state index in [9.17, 15) is 9.59 Å². The minimum Gasteiger partial charge on any atom is -0.350 e. The second-order valence-electron chi connectivity index (χ2n) is 7.43. The second kappa shape index (κ2) is 8.73. The molecule has 1 N–H and O–H groups in total. The van der Waals surface area contributed by atoms with Crippen LogP contribution in [0, 0.1) is 5.92 Å². The van der Waals surface area contributed by atoms with Crippen molar-refractivity contribution in [2.45, 2.75) is 45.0 Å². The quantitative estimate of drug-likeness (QED) is 0.732. The molecule has 2 aliphatic rings. The molecule has 0 saturated heterocycles. The number of hydrogen-bond acceptors (Lipinski definition) is 6. The molecule has 0 bridgehead atoms. The third-order valence-corrected chi connectivity index (χ3v) is 7.28. The van der Waals surface area contributed by atoms with Crippen molar-refractivity contribution in [3.8, 4) is 0 Å². The lowest BCUT2D eigenvalue weighted by atomic mass is 10.00. The highest BCUT2D eigenvalue weighted by molar-refractivity contribution is 8.15. The molecule has 0 fully saturated rings. The van der Waals surface area contributed by atoms with Crippen molar-refractivity contribution in [1.29, 1.82) is 0 Å². The monoisotopic (exact) mass is 440 g/mol. The van der Waals surface area contributed by atoms with Crippen molar-refractivity contribution in [3.05, 3.63) is 52.2 Å². The average Bonchev–Trinajstić information content (AvgIpc) is 3.39. The number of amidine groups is 2. The Labute approximate surface area is 184 Å². The molecule has 156 valence electrons. The highest BCUT2D eigenvalue weighted by atomic mass is 32.2. The molecule has 4 rings (SSSR count). The fourth-order valence-electron chi connectivity index (χ4n) is 3.39. The van der Waals surface area contributed by atoms with Gasteiger partial charge < -0.3 is 5.32 Å². The Balaban J connectivity index is 1.56. The van der Waals surface area contributed by atoms with E-state index in [1.807, 2.05) is 55.6 Å². The lowest BCUT2D eigenvalue weighted by Crippen LogP contribution is -2.43. The molecule has 30 heavy (non-hydrogen) atoms. The number of nitrogens with zero attached hydrogens (tertiary/aromatic N) is 3. The third kappa shape index (κ3) is 3.94. The first-order valence-corrected chi connectivity index (χ1v) is 11.8. The van der Waals surface area contributed by atoms with Gasteiger partial charge in [0, 0.05) is 10.4 Å². The van der Waals surface area contributed by atoms with Gasteiger partial charge >= 0.3 is 0 Å². The van der Waals surface area contributed by atoms with Crippen LogP contribution in [0.25, 0.3) is 0 Å². The van der Waals surface area contributed by atoms with Crippen molar-refractivity contribution >= 4 is 51.6 Å². The van der Waals surface area contributed by atoms with Crippen LogP contribution < -0.4 is 5.32 Å². The van der Waals surface area contributed by atoms with Gasteiger partial charge in [0.2, 0.25) is 5.91 Å². The minimum atomic E-state index is -0.412. The maximum absolute atomic E-state index is 13.2. The van der Waals surface area contributed by atoms with Crippen molar-refractivity contribution in [2.75, 3.05) is 0 Å². The largest absolute Gasteiger partial charge is 0.350 e. The van der Waals surface area contributed by atoms with Gasteiger partial charge in [-0.1, -0.05) is 50.2 Å². The number of amides is 2. The molecule has 3 heterocycles. The molecule has 0 unspecified atom stereocenters. The number of benzene rings is 1. The lowest BCUT2D eigenvalue weighted by Gasteiger charge is -2.27. The van der Waals surface area contributed by atoms with E-state index in [4.69, 9.17) is 9.98 Å². The Kier molecular flexibility index (Phi) is 6.06. The Hall–Kier alpha value is -2.45. The molecular formula is C22H24N4O2S2. The molecule has 0 radical (unpaired) electrons. The molecule has 3 atom stereocenters. The minimum absolute atomic E-state index is 0.0636. The van der Waals surface area contributed by atoms with E-state index in [0.29, 0.717) is 17.5 Å². The number of carbonyl (C=O) groups excluding carboxylic acids is 2. The molecule has 2 aromatic rings. The molecule has 8 heteroatoms. The molecule has 6 nitrogen and oxygen atoms in total. The van der Waals surface area contributed by atoms with Crippen LogP contribution >= 0.6 is 23.1 Å². The van der Waals surface area contributed by atoms with Crippen LogP contribution in [0.15, 0.2) is 51.8 Å². The van der Waals surface area contributed by atoms with Crippen LogP contribution in [0.5, 0.6) is 0 Å². The fraction of sp³-hybridized carbons (Fsp3) is 0.364. The summed E-state index contributed by atoms with van der Waals surface area (Å²) in [4.78, 5) is 38.0. The number of rotatable bonds is 6. The number of nitrogens with one attached hydrogen (secondary N) is 1. The Morgan fingerprint density at radius 1 is 1.27 bits per heavy atom. The zero-order valence-corrected chi connectivity index (χ0v) is 18.8. The van der Waals surface area contributed by atoms with Gasteiger partial charge in [-0.3, -0.25) is 14.6 Å². The normalized spacial score (nSPS) is 19.5. The molecule has 2 aliphatic heterocycles. The number of fused-ring (bicyclic) bond motifs is 3. The van der Waals surface area contributed by atoms with Crippen LogP contribution in [-0.2, 0) is 16.1 Å². The summed E-state index contributed by atoms with van der Waals surface area (Å²) in [6, 6.07) is 11.2. The van der Waals surface area contributed by atoms with Gasteiger partial charge in [0.25, 0.3) is 5.91 Å². The predicted octanol–water partition coefficient (Wildman–Crippen LogP) is 4.19. The zero-order valence-electron chi connectivity index (χ0n) is 17.2. The van der Waals surface area contributed by atoms with Crippen molar-refractivity contribution < 1.29 is 9.59 Å². The van der Waals surface area contributed by atoms with E-state index in [-0.39, 0.29) is 17.7 Å². The summed E-state index contributed by atoms with van der Waals surface area (Å²) in [6.07, 6.45) is 0.865. The summed E-state index contributed by atoms with van der Waals surface area (Å²) >= 11 is 2.91. The summed E-state index contributed by atoms with van der Waals surface area (Å²) in [7, 11) is 0. The summed E-state index contributed by atoms with van der Waals surface area (Å²) in [5, 5.41) is 5.07. The number of thioether (sulfide) groups is 1. The Morgan fingerprint density at radius 2 is 2.07 bits per heavy atom. The Morgan fingerprint density at radius 3 is 2.80 bits per heavy atom. The standard InChI is InChI=1S/C22H24N4O2S2/c1-4-13(2)18-21(28)26-19(25-18)16-9-5-6-10-17(16)24-22(26)30-14(3)20(27)23-12-15-8-7-11-29-15/h5-11,13-14,18H,4,12H2,1-3H3,(H,23,27)/t13-,14+,18-/m0/s1. The third-order valence-electron chi connectivity index (χ3n) is 5.35. The molecular weight excluding hydrogens is 416 g/mol. The summed E-state index contributed by atoms with van der Waals surface area (Å²) in [5.74, 6) is 0.634. The molecule has 2 amide bonds. The SMILES string of the molecule is CC[C@H](C)[C@@H]1N=C2c3ccccc3N=C(S[C@H](C)C(=O)NCc3cccs3)N2C1=O. The number of carbonyl (C=O) groups is 2. The van der Waals surface area contributed by atoms with E-state index >= 15 is 0 Å². The summed E-state index contributed by atoms with van der Waals surface area (Å²) < 4.78 is 0. The number of para-hydroxylation sites is 1. The molecule has 1 aromatic heterocycles. The van der Waals surface area contributed by atoms with E-state index < -0.39 is 11.3 Å². The topological polar surface area (TPSA) is 74.1 Å². The van der Waals surface area contributed by atoms with Gasteiger partial charge in [-0.2, -0.15) is 0 Å². The number of aliphatic imine (C=N–C) groups is 2. The van der Waals surface area contributed by atoms with E-state index in [0.717, 1.165) is 22.5 Å². The van der Waals surface area contributed by atoms with E-state index in [2.05, 4.69) is 12.2 Å². The van der Waals surface area contributed by atoms with Crippen LogP contribution in [0.4, 0.5) is 5.69 Å². The average molecular weight is 441 g/mol. The highest BCUT2D eigenvalue weighted by Crippen LogP contribution is 2.36. The smallest absolute Gasteiger partial charge is 0.259 e.